The van der Waals surface area contributed by atoms with Crippen LogP contribution in [0.4, 0.5) is 0 Å². The first kappa shape index (κ1) is 29.2. The summed E-state index contributed by atoms with van der Waals surface area (Å²) in [5.41, 5.74) is -0.627. The summed E-state index contributed by atoms with van der Waals surface area (Å²) in [6.45, 7) is 11.9. The highest BCUT2D eigenvalue weighted by Crippen LogP contribution is 2.13. The van der Waals surface area contributed by atoms with Gasteiger partial charge in [-0.25, -0.2) is 0 Å². The fraction of sp³-hybridized carbons (Fsp3) is 0.696. The van der Waals surface area contributed by atoms with Crippen LogP contribution in [0.15, 0.2) is 12.2 Å². The van der Waals surface area contributed by atoms with E-state index in [0.717, 1.165) is 4.90 Å². The van der Waals surface area contributed by atoms with Crippen LogP contribution in [0.3, 0.4) is 0 Å². The van der Waals surface area contributed by atoms with E-state index < -0.39 is 23.4 Å². The maximum Gasteiger partial charge on any atom is 0.253 e. The maximum absolute atomic E-state index is 12.5. The van der Waals surface area contributed by atoms with E-state index in [4.69, 9.17) is 9.47 Å². The number of amides is 5. The number of hydrogen-bond donors (Lipinski definition) is 3. The van der Waals surface area contributed by atoms with Crippen molar-refractivity contribution in [1.82, 2.24) is 20.9 Å². The summed E-state index contributed by atoms with van der Waals surface area (Å²) in [7, 11) is 0. The molecule has 1 aliphatic heterocycles. The summed E-state index contributed by atoms with van der Waals surface area (Å²) in [4.78, 5) is 61.0. The van der Waals surface area contributed by atoms with E-state index in [1.165, 1.54) is 12.2 Å². The lowest BCUT2D eigenvalue weighted by atomic mass is 9.95. The lowest BCUT2D eigenvalue weighted by molar-refractivity contribution is -0.137. The van der Waals surface area contributed by atoms with Crippen LogP contribution >= 0.6 is 0 Å². The first-order chi connectivity index (χ1) is 15.8. The van der Waals surface area contributed by atoms with Crippen molar-refractivity contribution in [2.75, 3.05) is 39.5 Å². The number of imide groups is 1. The quantitative estimate of drug-likeness (QED) is 0.229. The van der Waals surface area contributed by atoms with E-state index in [0.29, 0.717) is 0 Å². The Morgan fingerprint density at radius 3 is 1.97 bits per heavy atom. The predicted molar refractivity (Wildman–Crippen MR) is 124 cm³/mol. The Morgan fingerprint density at radius 2 is 1.44 bits per heavy atom. The Hall–Kier alpha value is -2.79. The SMILES string of the molecule is CC(NC(=O)C(C)(C)C)C(=O)N[C@@H](C(=O)NCCOCCOCCN1C(=O)C=CC1=O)C(C)C. The molecule has 0 aromatic heterocycles. The highest BCUT2D eigenvalue weighted by Gasteiger charge is 2.29. The Kier molecular flexibility index (Phi) is 11.9. The van der Waals surface area contributed by atoms with E-state index in [9.17, 15) is 24.0 Å². The topological polar surface area (TPSA) is 143 Å². The van der Waals surface area contributed by atoms with E-state index in [-0.39, 0.29) is 69.1 Å². The van der Waals surface area contributed by atoms with E-state index in [1.54, 1.807) is 27.7 Å². The first-order valence-electron chi connectivity index (χ1n) is 11.4. The molecule has 2 atom stereocenters. The smallest absolute Gasteiger partial charge is 0.253 e. The van der Waals surface area contributed by atoms with Gasteiger partial charge in [0.25, 0.3) is 11.8 Å². The normalized spacial score (nSPS) is 15.4. The fourth-order valence-corrected chi connectivity index (χ4v) is 2.78. The van der Waals surface area contributed by atoms with Gasteiger partial charge in [-0.2, -0.15) is 0 Å². The van der Waals surface area contributed by atoms with Crippen LogP contribution in [0.25, 0.3) is 0 Å². The summed E-state index contributed by atoms with van der Waals surface area (Å²) in [6.07, 6.45) is 2.45. The number of rotatable bonds is 14. The number of ether oxygens (including phenoxy) is 2. The standard InChI is InChI=1S/C23H38N4O7/c1-15(2)19(26-20(30)16(3)25-22(32)23(4,5)6)21(31)24-9-11-33-13-14-34-12-10-27-17(28)7-8-18(27)29/h7-8,15-16,19H,9-14H2,1-6H3,(H,24,31)(H,25,32)(H,26,30)/t16?,19-/m1/s1. The third-order valence-corrected chi connectivity index (χ3v) is 4.95. The highest BCUT2D eigenvalue weighted by molar-refractivity contribution is 6.12. The van der Waals surface area contributed by atoms with Gasteiger partial charge in [0.15, 0.2) is 0 Å². The van der Waals surface area contributed by atoms with Crippen molar-refractivity contribution in [3.63, 3.8) is 0 Å². The summed E-state index contributed by atoms with van der Waals surface area (Å²) < 4.78 is 10.7. The molecule has 192 valence electrons. The molecule has 34 heavy (non-hydrogen) atoms. The second-order valence-corrected chi connectivity index (χ2v) is 9.35. The molecule has 5 amide bonds. The zero-order valence-electron chi connectivity index (χ0n) is 20.9. The Bertz CT molecular complexity index is 756. The Balaban J connectivity index is 2.24. The van der Waals surface area contributed by atoms with Crippen LogP contribution in [0.2, 0.25) is 0 Å². The van der Waals surface area contributed by atoms with Crippen LogP contribution in [0, 0.1) is 11.3 Å². The van der Waals surface area contributed by atoms with Gasteiger partial charge >= 0.3 is 0 Å². The van der Waals surface area contributed by atoms with Gasteiger partial charge in [0.1, 0.15) is 12.1 Å². The van der Waals surface area contributed by atoms with Crippen molar-refractivity contribution in [1.29, 1.82) is 0 Å². The molecule has 0 spiro atoms. The zero-order valence-corrected chi connectivity index (χ0v) is 20.9. The number of carbonyl (C=O) groups excluding carboxylic acids is 5. The van der Waals surface area contributed by atoms with Crippen molar-refractivity contribution in [3.8, 4) is 0 Å². The van der Waals surface area contributed by atoms with Crippen LogP contribution in [-0.2, 0) is 33.4 Å². The molecule has 0 aromatic rings. The number of carbonyl (C=O) groups is 5. The van der Waals surface area contributed by atoms with Crippen LogP contribution < -0.4 is 16.0 Å². The van der Waals surface area contributed by atoms with Gasteiger partial charge in [0.05, 0.1) is 33.0 Å². The van der Waals surface area contributed by atoms with Gasteiger partial charge in [-0.3, -0.25) is 28.9 Å². The van der Waals surface area contributed by atoms with Gasteiger partial charge in [0.2, 0.25) is 17.7 Å². The zero-order chi connectivity index (χ0) is 25.9. The lowest BCUT2D eigenvalue weighted by Gasteiger charge is -2.25. The molecule has 0 aromatic carbocycles. The molecule has 1 aliphatic rings. The van der Waals surface area contributed by atoms with Crippen molar-refractivity contribution < 1.29 is 33.4 Å². The molecule has 0 radical (unpaired) electrons. The highest BCUT2D eigenvalue weighted by atomic mass is 16.5. The van der Waals surface area contributed by atoms with Crippen molar-refractivity contribution in [2.24, 2.45) is 11.3 Å². The summed E-state index contributed by atoms with van der Waals surface area (Å²) in [5.74, 6) is -1.88. The number of nitrogens with one attached hydrogen (secondary N) is 3. The number of hydrogen-bond acceptors (Lipinski definition) is 7. The average molecular weight is 483 g/mol. The van der Waals surface area contributed by atoms with Gasteiger partial charge in [0, 0.05) is 24.1 Å². The monoisotopic (exact) mass is 482 g/mol. The van der Waals surface area contributed by atoms with E-state index in [1.807, 2.05) is 13.8 Å². The molecule has 0 saturated carbocycles. The van der Waals surface area contributed by atoms with Crippen molar-refractivity contribution in [3.05, 3.63) is 12.2 Å². The van der Waals surface area contributed by atoms with E-state index in [2.05, 4.69) is 16.0 Å². The average Bonchev–Trinajstić information content (AvgIpc) is 3.06. The lowest BCUT2D eigenvalue weighted by Crippen LogP contribution is -2.55. The molecule has 1 heterocycles. The predicted octanol–water partition coefficient (Wildman–Crippen LogP) is -0.248. The van der Waals surface area contributed by atoms with Gasteiger partial charge in [-0.15, -0.1) is 0 Å². The molecule has 11 nitrogen and oxygen atoms in total. The fourth-order valence-electron chi connectivity index (χ4n) is 2.78. The van der Waals surface area contributed by atoms with Gasteiger partial charge in [-0.05, 0) is 12.8 Å². The number of nitrogens with zero attached hydrogens (tertiary/aromatic N) is 1. The van der Waals surface area contributed by atoms with Crippen LogP contribution in [0.1, 0.15) is 41.5 Å². The summed E-state index contributed by atoms with van der Waals surface area (Å²) in [6, 6.07) is -1.53. The molecule has 0 aliphatic carbocycles. The van der Waals surface area contributed by atoms with Gasteiger partial charge in [-0.1, -0.05) is 34.6 Å². The molecule has 1 rings (SSSR count). The first-order valence-corrected chi connectivity index (χ1v) is 11.4. The molecule has 0 saturated heterocycles. The maximum atomic E-state index is 12.5. The third-order valence-electron chi connectivity index (χ3n) is 4.95. The largest absolute Gasteiger partial charge is 0.377 e. The van der Waals surface area contributed by atoms with E-state index >= 15 is 0 Å². The van der Waals surface area contributed by atoms with Crippen LogP contribution in [0.5, 0.6) is 0 Å². The third kappa shape index (κ3) is 10.0. The molecule has 3 N–H and O–H groups in total. The minimum absolute atomic E-state index is 0.159. The molecule has 1 unspecified atom stereocenters. The van der Waals surface area contributed by atoms with Crippen molar-refractivity contribution >= 4 is 29.5 Å². The molecule has 0 fully saturated rings. The minimum atomic E-state index is -0.776. The van der Waals surface area contributed by atoms with Gasteiger partial charge < -0.3 is 25.4 Å². The summed E-state index contributed by atoms with van der Waals surface area (Å²) in [5, 5.41) is 8.07. The Morgan fingerprint density at radius 1 is 0.882 bits per heavy atom. The second kappa shape index (κ2) is 13.8. The molecule has 11 heteroatoms. The second-order valence-electron chi connectivity index (χ2n) is 9.35. The minimum Gasteiger partial charge on any atom is -0.377 e. The van der Waals surface area contributed by atoms with Crippen LogP contribution in [-0.4, -0.2) is 86.0 Å². The molecule has 0 bridgehead atoms. The van der Waals surface area contributed by atoms with Crippen molar-refractivity contribution in [2.45, 2.75) is 53.6 Å². The molecular formula is C23H38N4O7. The molecular weight excluding hydrogens is 444 g/mol. The Labute approximate surface area is 201 Å². The summed E-state index contributed by atoms with van der Waals surface area (Å²) >= 11 is 0.